The Labute approximate surface area is 235 Å². The van der Waals surface area contributed by atoms with E-state index in [-0.39, 0.29) is 35.3 Å². The first-order valence-corrected chi connectivity index (χ1v) is 12.8. The molecule has 1 aliphatic heterocycles. The summed E-state index contributed by atoms with van der Waals surface area (Å²) in [6.45, 7) is 6.01. The highest BCUT2D eigenvalue weighted by Crippen LogP contribution is 2.30. The number of nitrogens with one attached hydrogen (secondary N) is 2. The van der Waals surface area contributed by atoms with Crippen molar-refractivity contribution in [2.75, 3.05) is 23.4 Å². The van der Waals surface area contributed by atoms with E-state index in [9.17, 15) is 14.4 Å². The molecular weight excluding hydrogens is 545 g/mol. The van der Waals surface area contributed by atoms with Gasteiger partial charge in [-0.15, -0.1) is 0 Å². The monoisotopic (exact) mass is 571 g/mol. The highest BCUT2D eigenvalue weighted by Gasteiger charge is 2.35. The average molecular weight is 572 g/mol. The molecule has 3 heterocycles. The molecule has 3 aromatic rings. The van der Waals surface area contributed by atoms with Gasteiger partial charge in [0.1, 0.15) is 17.1 Å². The zero-order chi connectivity index (χ0) is 28.2. The van der Waals surface area contributed by atoms with Gasteiger partial charge >= 0.3 is 6.09 Å². The molecule has 0 bridgehead atoms. The molecular formula is C26H27Cl2N7O4. The van der Waals surface area contributed by atoms with Crippen LogP contribution in [0.25, 0.3) is 0 Å². The first-order chi connectivity index (χ1) is 18.5. The van der Waals surface area contributed by atoms with E-state index in [1.165, 1.54) is 35.9 Å². The maximum Gasteiger partial charge on any atom is 0.407 e. The third kappa shape index (κ3) is 7.41. The summed E-state index contributed by atoms with van der Waals surface area (Å²) in [6.07, 6.45) is 5.59. The molecule has 11 nitrogen and oxygen atoms in total. The van der Waals surface area contributed by atoms with E-state index in [0.717, 1.165) is 0 Å². The van der Waals surface area contributed by atoms with Crippen LogP contribution in [-0.2, 0) is 4.74 Å². The number of halogens is 2. The number of ether oxygens (including phenoxy) is 1. The zero-order valence-electron chi connectivity index (χ0n) is 21.5. The van der Waals surface area contributed by atoms with Crippen molar-refractivity contribution < 1.29 is 19.1 Å². The van der Waals surface area contributed by atoms with Crippen LogP contribution in [0.4, 0.5) is 16.3 Å². The minimum atomic E-state index is -0.652. The van der Waals surface area contributed by atoms with E-state index in [4.69, 9.17) is 27.9 Å². The Bertz CT molecular complexity index is 1350. The Balaban J connectivity index is 1.66. The molecule has 1 atom stereocenters. The Morgan fingerprint density at radius 3 is 2.49 bits per heavy atom. The molecule has 1 aromatic carbocycles. The summed E-state index contributed by atoms with van der Waals surface area (Å²) in [6, 6.07) is 7.47. The van der Waals surface area contributed by atoms with Gasteiger partial charge in [0.05, 0.1) is 22.5 Å². The molecule has 0 aliphatic carbocycles. The molecule has 13 heteroatoms. The van der Waals surface area contributed by atoms with Gasteiger partial charge in [-0.05, 0) is 57.5 Å². The van der Waals surface area contributed by atoms with Gasteiger partial charge in [-0.3, -0.25) is 14.6 Å². The van der Waals surface area contributed by atoms with Gasteiger partial charge in [-0.1, -0.05) is 23.2 Å². The lowest BCUT2D eigenvalue weighted by atomic mass is 10.1. The third-order valence-electron chi connectivity index (χ3n) is 5.55. The quantitative estimate of drug-likeness (QED) is 0.439. The van der Waals surface area contributed by atoms with Crippen molar-refractivity contribution in [1.82, 2.24) is 25.3 Å². The summed E-state index contributed by atoms with van der Waals surface area (Å²) in [5.74, 6) is -0.783. The van der Waals surface area contributed by atoms with Crippen molar-refractivity contribution in [3.05, 3.63) is 76.4 Å². The van der Waals surface area contributed by atoms with Crippen LogP contribution >= 0.6 is 23.2 Å². The smallest absolute Gasteiger partial charge is 0.407 e. The van der Waals surface area contributed by atoms with Gasteiger partial charge in [0.15, 0.2) is 0 Å². The van der Waals surface area contributed by atoms with Crippen molar-refractivity contribution in [2.45, 2.75) is 38.8 Å². The van der Waals surface area contributed by atoms with Gasteiger partial charge < -0.3 is 15.4 Å². The fourth-order valence-electron chi connectivity index (χ4n) is 3.93. The van der Waals surface area contributed by atoms with E-state index in [0.29, 0.717) is 23.0 Å². The molecule has 1 fully saturated rings. The number of nitrogens with zero attached hydrogens (tertiary/aromatic N) is 5. The number of carbonyl (C=O) groups excluding carboxylic acids is 3. The van der Waals surface area contributed by atoms with Crippen LogP contribution in [0.2, 0.25) is 10.0 Å². The summed E-state index contributed by atoms with van der Waals surface area (Å²) >= 11 is 12.2. The first kappa shape index (κ1) is 28.2. The molecule has 1 aliphatic rings. The summed E-state index contributed by atoms with van der Waals surface area (Å²) in [7, 11) is 0. The molecule has 0 radical (unpaired) electrons. The SMILES string of the molecule is CC(C)(C)OC(=O)NC1CCN(N(C(=O)c2cnccn2)c2ccc(Cl)cc2C(=O)Nc2ccc(Cl)cn2)C1. The largest absolute Gasteiger partial charge is 0.444 e. The number of hydrogen-bond acceptors (Lipinski definition) is 8. The Hall–Kier alpha value is -3.80. The van der Waals surface area contributed by atoms with Crippen LogP contribution in [-0.4, -0.2) is 62.6 Å². The van der Waals surface area contributed by atoms with Gasteiger partial charge in [0.25, 0.3) is 11.8 Å². The second kappa shape index (κ2) is 11.9. The highest BCUT2D eigenvalue weighted by molar-refractivity contribution is 6.31. The highest BCUT2D eigenvalue weighted by atomic mass is 35.5. The fourth-order valence-corrected chi connectivity index (χ4v) is 4.22. The van der Waals surface area contributed by atoms with E-state index in [2.05, 4.69) is 25.6 Å². The molecule has 204 valence electrons. The van der Waals surface area contributed by atoms with E-state index in [1.807, 2.05) is 0 Å². The van der Waals surface area contributed by atoms with Gasteiger partial charge in [0.2, 0.25) is 0 Å². The summed E-state index contributed by atoms with van der Waals surface area (Å²) in [5, 5.41) is 9.37. The van der Waals surface area contributed by atoms with Gasteiger partial charge in [-0.25, -0.2) is 24.8 Å². The second-order valence-electron chi connectivity index (χ2n) is 9.73. The van der Waals surface area contributed by atoms with E-state index < -0.39 is 23.5 Å². The summed E-state index contributed by atoms with van der Waals surface area (Å²) in [5.41, 5.74) is -0.192. The predicted octanol–water partition coefficient (Wildman–Crippen LogP) is 4.59. The second-order valence-corrected chi connectivity index (χ2v) is 10.6. The number of benzene rings is 1. The zero-order valence-corrected chi connectivity index (χ0v) is 23.0. The topological polar surface area (TPSA) is 130 Å². The number of hydrazine groups is 1. The number of pyridine rings is 1. The van der Waals surface area contributed by atoms with Crippen LogP contribution in [0.5, 0.6) is 0 Å². The maximum atomic E-state index is 13.8. The number of rotatable bonds is 6. The van der Waals surface area contributed by atoms with Crippen molar-refractivity contribution in [3.8, 4) is 0 Å². The number of hydrogen-bond donors (Lipinski definition) is 2. The predicted molar refractivity (Wildman–Crippen MR) is 147 cm³/mol. The minimum absolute atomic E-state index is 0.0710. The van der Waals surface area contributed by atoms with Crippen molar-refractivity contribution >= 4 is 52.6 Å². The normalized spacial score (nSPS) is 15.5. The molecule has 1 saturated heterocycles. The van der Waals surface area contributed by atoms with Gasteiger partial charge in [0, 0.05) is 42.7 Å². The van der Waals surface area contributed by atoms with Crippen molar-refractivity contribution in [3.63, 3.8) is 0 Å². The fraction of sp³-hybridized carbons (Fsp3) is 0.308. The molecule has 0 spiro atoms. The Kier molecular flexibility index (Phi) is 8.63. The lowest BCUT2D eigenvalue weighted by Crippen LogP contribution is -2.48. The number of aromatic nitrogens is 3. The number of amides is 3. The van der Waals surface area contributed by atoms with Crippen LogP contribution in [0, 0.1) is 0 Å². The molecule has 4 rings (SSSR count). The number of anilines is 2. The summed E-state index contributed by atoms with van der Waals surface area (Å²) < 4.78 is 5.38. The maximum absolute atomic E-state index is 13.8. The molecule has 3 amide bonds. The van der Waals surface area contributed by atoms with Crippen LogP contribution in [0.3, 0.4) is 0 Å². The lowest BCUT2D eigenvalue weighted by molar-refractivity contribution is 0.0505. The van der Waals surface area contributed by atoms with Crippen LogP contribution in [0.15, 0.2) is 55.1 Å². The first-order valence-electron chi connectivity index (χ1n) is 12.1. The molecule has 1 unspecified atom stereocenters. The average Bonchev–Trinajstić information content (AvgIpc) is 3.33. The Morgan fingerprint density at radius 2 is 1.82 bits per heavy atom. The Morgan fingerprint density at radius 1 is 1.05 bits per heavy atom. The molecule has 0 saturated carbocycles. The third-order valence-corrected chi connectivity index (χ3v) is 6.00. The minimum Gasteiger partial charge on any atom is -0.444 e. The van der Waals surface area contributed by atoms with E-state index >= 15 is 0 Å². The van der Waals surface area contributed by atoms with Gasteiger partial charge in [-0.2, -0.15) is 0 Å². The van der Waals surface area contributed by atoms with Crippen LogP contribution < -0.4 is 15.6 Å². The molecule has 2 N–H and O–H groups in total. The molecule has 39 heavy (non-hydrogen) atoms. The van der Waals surface area contributed by atoms with Crippen molar-refractivity contribution in [1.29, 1.82) is 0 Å². The molecule has 2 aromatic heterocycles. The number of alkyl carbamates (subject to hydrolysis) is 1. The number of carbonyl (C=O) groups is 3. The van der Waals surface area contributed by atoms with Crippen molar-refractivity contribution in [2.24, 2.45) is 0 Å². The lowest BCUT2D eigenvalue weighted by Gasteiger charge is -2.33. The van der Waals surface area contributed by atoms with Crippen LogP contribution in [0.1, 0.15) is 48.0 Å². The standard InChI is InChI=1S/C26H27Cl2N7O4/c1-26(2,3)39-25(38)32-18-8-11-34(15-18)35(24(37)20-14-29-9-10-30-20)21-6-4-16(27)12-19(21)23(36)33-22-7-5-17(28)13-31-22/h4-7,9-10,12-14,18H,8,11,15H2,1-3H3,(H,32,38)(H,31,33,36). The summed E-state index contributed by atoms with van der Waals surface area (Å²) in [4.78, 5) is 51.8. The van der Waals surface area contributed by atoms with E-state index in [1.54, 1.807) is 50.0 Å².